The highest BCUT2D eigenvalue weighted by atomic mass is 32.2. The van der Waals surface area contributed by atoms with E-state index in [4.69, 9.17) is 9.15 Å². The number of nitrogens with zero attached hydrogens (tertiary/aromatic N) is 1. The van der Waals surface area contributed by atoms with Gasteiger partial charge in [0.1, 0.15) is 0 Å². The molecule has 0 saturated carbocycles. The van der Waals surface area contributed by atoms with Crippen LogP contribution in [0.15, 0.2) is 64.2 Å². The summed E-state index contributed by atoms with van der Waals surface area (Å²) >= 11 is 1.31. The van der Waals surface area contributed by atoms with Crippen molar-refractivity contribution in [3.05, 3.63) is 71.2 Å². The second-order valence-corrected chi connectivity index (χ2v) is 8.58. The van der Waals surface area contributed by atoms with Crippen LogP contribution in [0.25, 0.3) is 16.6 Å². The van der Waals surface area contributed by atoms with Crippen molar-refractivity contribution in [1.29, 1.82) is 0 Å². The lowest BCUT2D eigenvalue weighted by Crippen LogP contribution is -2.39. The van der Waals surface area contributed by atoms with Crippen LogP contribution < -0.4 is 10.6 Å². The number of ether oxygens (including phenoxy) is 1. The summed E-state index contributed by atoms with van der Waals surface area (Å²) in [4.78, 5) is 31.0. The molecule has 2 aliphatic heterocycles. The Morgan fingerprint density at radius 1 is 1.13 bits per heavy atom. The SMILES string of the molecule is O=C(NC1NC(c2ccco2)=C(C(=O)C2CCOCC2)S1)c1cnc2ccccc2c1. The van der Waals surface area contributed by atoms with E-state index < -0.39 is 5.50 Å². The van der Waals surface area contributed by atoms with Crippen LogP contribution in [-0.2, 0) is 9.53 Å². The van der Waals surface area contributed by atoms with E-state index in [1.165, 1.54) is 11.8 Å². The summed E-state index contributed by atoms with van der Waals surface area (Å²) in [5.41, 5.74) is 1.43. The lowest BCUT2D eigenvalue weighted by atomic mass is 9.94. The largest absolute Gasteiger partial charge is 0.463 e. The summed E-state index contributed by atoms with van der Waals surface area (Å²) in [7, 11) is 0. The number of carbonyl (C=O) groups is 2. The number of nitrogens with one attached hydrogen (secondary N) is 2. The maximum absolute atomic E-state index is 13.2. The Kier molecular flexibility index (Phi) is 5.48. The zero-order valence-electron chi connectivity index (χ0n) is 16.7. The van der Waals surface area contributed by atoms with Gasteiger partial charge in [0.15, 0.2) is 17.0 Å². The molecule has 4 heterocycles. The highest BCUT2D eigenvalue weighted by molar-refractivity contribution is 8.05. The monoisotopic (exact) mass is 435 g/mol. The van der Waals surface area contributed by atoms with Crippen molar-refractivity contribution in [3.63, 3.8) is 0 Å². The minimum Gasteiger partial charge on any atom is -0.463 e. The predicted molar refractivity (Wildman–Crippen MR) is 118 cm³/mol. The second-order valence-electron chi connectivity index (χ2n) is 7.46. The van der Waals surface area contributed by atoms with Gasteiger partial charge in [0.2, 0.25) is 0 Å². The molecular weight excluding hydrogens is 414 g/mol. The molecule has 1 fully saturated rings. The first-order valence-corrected chi connectivity index (χ1v) is 11.1. The zero-order valence-corrected chi connectivity index (χ0v) is 17.5. The molecule has 5 rings (SSSR count). The number of amides is 1. The van der Waals surface area contributed by atoms with Gasteiger partial charge in [-0.05, 0) is 37.1 Å². The maximum atomic E-state index is 13.2. The number of pyridine rings is 1. The summed E-state index contributed by atoms with van der Waals surface area (Å²) in [6.45, 7) is 1.18. The average Bonchev–Trinajstić information content (AvgIpc) is 3.49. The number of ketones is 1. The third-order valence-corrected chi connectivity index (χ3v) is 6.55. The molecule has 2 aliphatic rings. The summed E-state index contributed by atoms with van der Waals surface area (Å²) in [6.07, 6.45) is 4.53. The zero-order chi connectivity index (χ0) is 21.2. The van der Waals surface area contributed by atoms with E-state index in [2.05, 4.69) is 15.6 Å². The van der Waals surface area contributed by atoms with Crippen LogP contribution >= 0.6 is 11.8 Å². The highest BCUT2D eigenvalue weighted by Crippen LogP contribution is 2.38. The van der Waals surface area contributed by atoms with Gasteiger partial charge in [-0.25, -0.2) is 0 Å². The fourth-order valence-corrected chi connectivity index (χ4v) is 4.93. The molecule has 158 valence electrons. The van der Waals surface area contributed by atoms with Crippen LogP contribution in [-0.4, -0.2) is 35.4 Å². The molecule has 7 nitrogen and oxygen atoms in total. The molecule has 1 unspecified atom stereocenters. The summed E-state index contributed by atoms with van der Waals surface area (Å²) in [5, 5.41) is 7.09. The van der Waals surface area contributed by atoms with Crippen molar-refractivity contribution in [2.75, 3.05) is 13.2 Å². The molecule has 2 N–H and O–H groups in total. The van der Waals surface area contributed by atoms with Crippen molar-refractivity contribution in [3.8, 4) is 0 Å². The summed E-state index contributed by atoms with van der Waals surface area (Å²) in [5.74, 6) is 0.298. The third-order valence-electron chi connectivity index (χ3n) is 5.44. The lowest BCUT2D eigenvalue weighted by molar-refractivity contribution is -0.121. The smallest absolute Gasteiger partial charge is 0.255 e. The van der Waals surface area contributed by atoms with Gasteiger partial charge < -0.3 is 19.8 Å². The molecule has 0 aliphatic carbocycles. The first kappa shape index (κ1) is 19.8. The number of fused-ring (bicyclic) bond motifs is 1. The van der Waals surface area contributed by atoms with E-state index >= 15 is 0 Å². The number of furan rings is 1. The van der Waals surface area contributed by atoms with Crippen molar-refractivity contribution in [2.24, 2.45) is 5.92 Å². The number of Topliss-reactive ketones (excluding diaryl/α,β-unsaturated/α-hetero) is 1. The molecule has 8 heteroatoms. The molecular formula is C23H21N3O4S. The van der Waals surface area contributed by atoms with Crippen molar-refractivity contribution < 1.29 is 18.7 Å². The van der Waals surface area contributed by atoms with Gasteiger partial charge >= 0.3 is 0 Å². The molecule has 2 aromatic heterocycles. The fraction of sp³-hybridized carbons (Fsp3) is 0.261. The van der Waals surface area contributed by atoms with Crippen LogP contribution in [0, 0.1) is 5.92 Å². The second kappa shape index (κ2) is 8.56. The molecule has 0 spiro atoms. The number of carbonyl (C=O) groups excluding carboxylic acids is 2. The van der Waals surface area contributed by atoms with Gasteiger partial charge in [0, 0.05) is 30.7 Å². The number of hydrogen-bond acceptors (Lipinski definition) is 7. The van der Waals surface area contributed by atoms with Gasteiger partial charge in [0.05, 0.1) is 27.9 Å². The van der Waals surface area contributed by atoms with Crippen molar-refractivity contribution in [2.45, 2.75) is 18.3 Å². The Bertz CT molecular complexity index is 1150. The molecule has 3 aromatic rings. The van der Waals surface area contributed by atoms with Crippen LogP contribution in [0.4, 0.5) is 0 Å². The van der Waals surface area contributed by atoms with Gasteiger partial charge in [0.25, 0.3) is 5.91 Å². The number of allylic oxidation sites excluding steroid dienone is 1. The van der Waals surface area contributed by atoms with Crippen molar-refractivity contribution in [1.82, 2.24) is 15.6 Å². The molecule has 31 heavy (non-hydrogen) atoms. The Hall–Kier alpha value is -3.10. The van der Waals surface area contributed by atoms with Crippen LogP contribution in [0.2, 0.25) is 0 Å². The Balaban J connectivity index is 1.35. The minimum absolute atomic E-state index is 0.0660. The summed E-state index contributed by atoms with van der Waals surface area (Å²) in [6, 6.07) is 13.0. The molecule has 0 radical (unpaired) electrons. The maximum Gasteiger partial charge on any atom is 0.255 e. The normalized spacial score (nSPS) is 19.4. The number of thioether (sulfide) groups is 1. The topological polar surface area (TPSA) is 93.5 Å². The molecule has 0 bridgehead atoms. The van der Waals surface area contributed by atoms with E-state index in [9.17, 15) is 9.59 Å². The van der Waals surface area contributed by atoms with E-state index in [0.717, 1.165) is 10.9 Å². The first-order valence-electron chi connectivity index (χ1n) is 10.2. The van der Waals surface area contributed by atoms with Crippen LogP contribution in [0.1, 0.15) is 29.0 Å². The van der Waals surface area contributed by atoms with E-state index in [0.29, 0.717) is 48.0 Å². The van der Waals surface area contributed by atoms with Gasteiger partial charge in [-0.15, -0.1) is 0 Å². The molecule has 1 aromatic carbocycles. The van der Waals surface area contributed by atoms with Crippen LogP contribution in [0.3, 0.4) is 0 Å². The van der Waals surface area contributed by atoms with Gasteiger partial charge in [-0.1, -0.05) is 30.0 Å². The van der Waals surface area contributed by atoms with E-state index in [1.54, 1.807) is 24.6 Å². The highest BCUT2D eigenvalue weighted by Gasteiger charge is 2.35. The average molecular weight is 436 g/mol. The quantitative estimate of drug-likeness (QED) is 0.633. The third kappa shape index (κ3) is 4.08. The van der Waals surface area contributed by atoms with Gasteiger partial charge in [-0.3, -0.25) is 14.6 Å². The molecule has 1 amide bonds. The lowest BCUT2D eigenvalue weighted by Gasteiger charge is -2.21. The predicted octanol–water partition coefficient (Wildman–Crippen LogP) is 3.54. The number of benzene rings is 1. The fourth-order valence-electron chi connectivity index (χ4n) is 3.80. The van der Waals surface area contributed by atoms with Crippen LogP contribution in [0.5, 0.6) is 0 Å². The first-order chi connectivity index (χ1) is 15.2. The van der Waals surface area contributed by atoms with E-state index in [1.807, 2.05) is 30.3 Å². The standard InChI is InChI=1S/C23H21N3O4S/c27-20(14-7-10-29-11-8-14)21-19(18-6-3-9-30-18)25-23(31-21)26-22(28)16-12-15-4-1-2-5-17(15)24-13-16/h1-6,9,12-14,23,25H,7-8,10-11H2,(H,26,28). The van der Waals surface area contributed by atoms with Gasteiger partial charge in [-0.2, -0.15) is 0 Å². The number of rotatable bonds is 5. The summed E-state index contributed by atoms with van der Waals surface area (Å²) < 4.78 is 10.9. The minimum atomic E-state index is -0.488. The number of hydrogen-bond donors (Lipinski definition) is 2. The Morgan fingerprint density at radius 3 is 2.77 bits per heavy atom. The molecule has 1 saturated heterocycles. The Morgan fingerprint density at radius 2 is 1.97 bits per heavy atom. The number of aromatic nitrogens is 1. The number of para-hydroxylation sites is 1. The van der Waals surface area contributed by atoms with E-state index in [-0.39, 0.29) is 17.6 Å². The Labute approximate surface area is 183 Å². The van der Waals surface area contributed by atoms with Crippen molar-refractivity contribution >= 4 is 40.1 Å². The molecule has 1 atom stereocenters.